The Bertz CT molecular complexity index is 1160. The number of nitro groups is 1. The van der Waals surface area contributed by atoms with Crippen LogP contribution >= 0.6 is 0 Å². The summed E-state index contributed by atoms with van der Waals surface area (Å²) in [6.45, 7) is 5.89. The molecule has 8 nitrogen and oxygen atoms in total. The number of benzene rings is 1. The fourth-order valence-electron chi connectivity index (χ4n) is 4.48. The van der Waals surface area contributed by atoms with Crippen molar-refractivity contribution in [1.29, 1.82) is 0 Å². The van der Waals surface area contributed by atoms with E-state index >= 15 is 0 Å². The van der Waals surface area contributed by atoms with Gasteiger partial charge in [0.1, 0.15) is 5.82 Å². The molecule has 0 radical (unpaired) electrons. The van der Waals surface area contributed by atoms with Crippen molar-refractivity contribution in [2.45, 2.75) is 39.5 Å². The van der Waals surface area contributed by atoms with E-state index in [0.717, 1.165) is 5.70 Å². The van der Waals surface area contributed by atoms with Gasteiger partial charge < -0.3 is 10.6 Å². The number of amides is 1. The summed E-state index contributed by atoms with van der Waals surface area (Å²) in [5, 5.41) is 17.2. The van der Waals surface area contributed by atoms with E-state index in [-0.39, 0.29) is 22.8 Å². The van der Waals surface area contributed by atoms with Crippen molar-refractivity contribution in [3.8, 4) is 0 Å². The first-order valence-electron chi connectivity index (χ1n) is 10.4. The fourth-order valence-corrected chi connectivity index (χ4v) is 4.48. The van der Waals surface area contributed by atoms with Crippen LogP contribution < -0.4 is 10.6 Å². The lowest BCUT2D eigenvalue weighted by molar-refractivity contribution is -0.384. The number of nitrogens with one attached hydrogen (secondary N) is 2. The molecule has 1 aliphatic carbocycles. The van der Waals surface area contributed by atoms with E-state index in [1.54, 1.807) is 36.5 Å². The molecule has 0 bridgehead atoms. The average Bonchev–Trinajstić information content (AvgIpc) is 2.72. The largest absolute Gasteiger partial charge is 0.362 e. The Morgan fingerprint density at radius 2 is 1.91 bits per heavy atom. The van der Waals surface area contributed by atoms with Crippen LogP contribution in [0.2, 0.25) is 0 Å². The molecule has 8 heteroatoms. The molecule has 0 saturated carbocycles. The van der Waals surface area contributed by atoms with Gasteiger partial charge in [0, 0.05) is 53.2 Å². The van der Waals surface area contributed by atoms with E-state index in [1.165, 1.54) is 12.1 Å². The highest BCUT2D eigenvalue weighted by Crippen LogP contribution is 2.46. The first kappa shape index (κ1) is 21.4. The number of rotatable bonds is 4. The summed E-state index contributed by atoms with van der Waals surface area (Å²) in [6, 6.07) is 11.2. The number of ketones is 1. The summed E-state index contributed by atoms with van der Waals surface area (Å²) in [6.07, 6.45) is 2.62. The second-order valence-corrected chi connectivity index (χ2v) is 8.95. The second-order valence-electron chi connectivity index (χ2n) is 8.95. The lowest BCUT2D eigenvalue weighted by atomic mass is 9.68. The number of allylic oxidation sites excluding steroid dienone is 3. The summed E-state index contributed by atoms with van der Waals surface area (Å²) in [5.74, 6) is -0.625. The van der Waals surface area contributed by atoms with Crippen LogP contribution in [0.25, 0.3) is 0 Å². The first-order valence-corrected chi connectivity index (χ1v) is 10.4. The molecule has 1 atom stereocenters. The van der Waals surface area contributed by atoms with Crippen LogP contribution in [-0.2, 0) is 9.59 Å². The van der Waals surface area contributed by atoms with E-state index < -0.39 is 10.8 Å². The van der Waals surface area contributed by atoms with Crippen molar-refractivity contribution in [2.24, 2.45) is 5.41 Å². The number of aromatic nitrogens is 1. The van der Waals surface area contributed by atoms with Crippen LogP contribution in [0.5, 0.6) is 0 Å². The number of hydrogen-bond donors (Lipinski definition) is 2. The maximum Gasteiger partial charge on any atom is 0.269 e. The van der Waals surface area contributed by atoms with Crippen LogP contribution in [0.15, 0.2) is 71.2 Å². The summed E-state index contributed by atoms with van der Waals surface area (Å²) < 4.78 is 0. The number of pyridine rings is 1. The van der Waals surface area contributed by atoms with Gasteiger partial charge in [-0.1, -0.05) is 32.0 Å². The highest BCUT2D eigenvalue weighted by Gasteiger charge is 2.42. The molecule has 1 amide bonds. The Balaban J connectivity index is 1.81. The minimum absolute atomic E-state index is 0.0252. The zero-order chi connectivity index (χ0) is 23.0. The highest BCUT2D eigenvalue weighted by molar-refractivity contribution is 6.09. The molecule has 0 unspecified atom stereocenters. The smallest absolute Gasteiger partial charge is 0.269 e. The van der Waals surface area contributed by atoms with E-state index in [4.69, 9.17) is 0 Å². The molecule has 1 aromatic heterocycles. The second kappa shape index (κ2) is 8.03. The molecule has 2 aliphatic rings. The van der Waals surface area contributed by atoms with Crippen LogP contribution in [0.3, 0.4) is 0 Å². The zero-order valence-corrected chi connectivity index (χ0v) is 18.1. The van der Waals surface area contributed by atoms with Gasteiger partial charge in [-0.05, 0) is 36.5 Å². The van der Waals surface area contributed by atoms with Gasteiger partial charge in [0.15, 0.2) is 5.78 Å². The molecule has 2 heterocycles. The summed E-state index contributed by atoms with van der Waals surface area (Å²) in [7, 11) is 0. The molecular weight excluding hydrogens is 408 g/mol. The maximum absolute atomic E-state index is 13.4. The maximum atomic E-state index is 13.4. The van der Waals surface area contributed by atoms with Crippen molar-refractivity contribution in [1.82, 2.24) is 10.3 Å². The Morgan fingerprint density at radius 1 is 1.19 bits per heavy atom. The van der Waals surface area contributed by atoms with Crippen LogP contribution in [0.4, 0.5) is 11.5 Å². The molecule has 0 saturated heterocycles. The minimum atomic E-state index is -0.626. The third-order valence-corrected chi connectivity index (χ3v) is 5.83. The Morgan fingerprint density at radius 3 is 2.53 bits per heavy atom. The molecule has 2 aromatic rings. The predicted octanol–water partition coefficient (Wildman–Crippen LogP) is 4.23. The van der Waals surface area contributed by atoms with Gasteiger partial charge in [0.25, 0.3) is 11.6 Å². The van der Waals surface area contributed by atoms with Gasteiger partial charge in [0.05, 0.1) is 4.92 Å². The van der Waals surface area contributed by atoms with Crippen molar-refractivity contribution in [3.63, 3.8) is 0 Å². The number of hydrogen-bond acceptors (Lipinski definition) is 6. The third-order valence-electron chi connectivity index (χ3n) is 5.83. The lowest BCUT2D eigenvalue weighted by Gasteiger charge is -2.39. The van der Waals surface area contributed by atoms with E-state index in [0.29, 0.717) is 41.1 Å². The molecule has 4 rings (SSSR count). The predicted molar refractivity (Wildman–Crippen MR) is 120 cm³/mol. The summed E-state index contributed by atoms with van der Waals surface area (Å²) in [4.78, 5) is 41.4. The van der Waals surface area contributed by atoms with Gasteiger partial charge in [-0.25, -0.2) is 4.98 Å². The van der Waals surface area contributed by atoms with Crippen LogP contribution in [0.1, 0.15) is 45.1 Å². The van der Waals surface area contributed by atoms with Crippen LogP contribution in [0, 0.1) is 15.5 Å². The number of carbonyl (C=O) groups excluding carboxylic acids is 2. The van der Waals surface area contributed by atoms with Gasteiger partial charge in [-0.15, -0.1) is 0 Å². The van der Waals surface area contributed by atoms with Crippen molar-refractivity contribution < 1.29 is 14.5 Å². The first-order chi connectivity index (χ1) is 15.2. The number of nitrogens with zero attached hydrogens (tertiary/aromatic N) is 2. The average molecular weight is 432 g/mol. The van der Waals surface area contributed by atoms with Crippen LogP contribution in [-0.4, -0.2) is 21.6 Å². The Kier molecular flexibility index (Phi) is 5.38. The quantitative estimate of drug-likeness (QED) is 0.552. The molecule has 2 N–H and O–H groups in total. The topological polar surface area (TPSA) is 114 Å². The van der Waals surface area contributed by atoms with Gasteiger partial charge in [-0.3, -0.25) is 19.7 Å². The number of anilines is 1. The molecule has 0 fully saturated rings. The summed E-state index contributed by atoms with van der Waals surface area (Å²) in [5.41, 5.74) is 2.81. The van der Waals surface area contributed by atoms with Crippen molar-refractivity contribution in [3.05, 3.63) is 86.9 Å². The van der Waals surface area contributed by atoms with Gasteiger partial charge in [0.2, 0.25) is 0 Å². The van der Waals surface area contributed by atoms with Crippen molar-refractivity contribution >= 4 is 23.2 Å². The molecule has 1 aliphatic heterocycles. The normalized spacial score (nSPS) is 19.8. The van der Waals surface area contributed by atoms with Gasteiger partial charge >= 0.3 is 0 Å². The van der Waals surface area contributed by atoms with E-state index in [2.05, 4.69) is 15.6 Å². The Hall–Kier alpha value is -3.81. The number of carbonyl (C=O) groups is 2. The minimum Gasteiger partial charge on any atom is -0.362 e. The molecular formula is C24H24N4O4. The highest BCUT2D eigenvalue weighted by atomic mass is 16.6. The standard InChI is InChI=1S/C24H24N4O4/c1-14-20(23(30)27-19-6-4-5-11-25-19)21(15-7-9-16(10-8-15)28(31)32)22-17(26-14)12-24(2,3)13-18(22)29/h4-11,21,26H,12-13H2,1-3H3,(H,25,27,30)/t21-/m1/s1. The Labute approximate surface area is 185 Å². The van der Waals surface area contributed by atoms with E-state index in [9.17, 15) is 19.7 Å². The molecule has 164 valence electrons. The third kappa shape index (κ3) is 4.03. The zero-order valence-electron chi connectivity index (χ0n) is 18.1. The lowest BCUT2D eigenvalue weighted by Crippen LogP contribution is -2.39. The number of Topliss-reactive ketones (excluding diaryl/α,β-unsaturated/α-hetero) is 1. The number of nitro benzene ring substituents is 1. The molecule has 1 aromatic carbocycles. The van der Waals surface area contributed by atoms with Crippen molar-refractivity contribution in [2.75, 3.05) is 5.32 Å². The molecule has 0 spiro atoms. The van der Waals surface area contributed by atoms with E-state index in [1.807, 2.05) is 20.8 Å². The summed E-state index contributed by atoms with van der Waals surface area (Å²) >= 11 is 0. The monoisotopic (exact) mass is 432 g/mol. The number of dihydropyridines is 1. The fraction of sp³-hybridized carbons (Fsp3) is 0.292. The number of non-ortho nitro benzene ring substituents is 1. The van der Waals surface area contributed by atoms with Gasteiger partial charge in [-0.2, -0.15) is 0 Å². The molecule has 32 heavy (non-hydrogen) atoms. The SMILES string of the molecule is CC1=C(C(=O)Nc2ccccn2)[C@@H](c2ccc([N+](=O)[O-])cc2)C2=C(CC(C)(C)CC2=O)N1.